The van der Waals surface area contributed by atoms with Gasteiger partial charge in [-0.1, -0.05) is 137 Å². The fourth-order valence-electron chi connectivity index (χ4n) is 11.4. The maximum absolute atomic E-state index is 6.97. The van der Waals surface area contributed by atoms with Gasteiger partial charge in [0.25, 0.3) is 0 Å². The van der Waals surface area contributed by atoms with E-state index in [0.717, 1.165) is 94.0 Å². The van der Waals surface area contributed by atoms with E-state index < -0.39 is 0 Å². The molecule has 6 aromatic carbocycles. The number of hydrogen-bond donors (Lipinski definition) is 0. The van der Waals surface area contributed by atoms with Gasteiger partial charge < -0.3 is 19.3 Å². The van der Waals surface area contributed by atoms with Gasteiger partial charge in [0.2, 0.25) is 0 Å². The first-order chi connectivity index (χ1) is 32.7. The van der Waals surface area contributed by atoms with Crippen LogP contribution in [0.5, 0.6) is 11.5 Å². The fraction of sp³-hybridized carbons (Fsp3) is 0.143. The minimum atomic E-state index is -0.151. The number of ether oxygens (including phenoxy) is 2. The van der Waals surface area contributed by atoms with Gasteiger partial charge in [0.05, 0.1) is 11.7 Å². The lowest BCUT2D eigenvalue weighted by Gasteiger charge is -2.35. The van der Waals surface area contributed by atoms with Crippen LogP contribution in [-0.4, -0.2) is 6.04 Å². The Labute approximate surface area is 394 Å². The highest BCUT2D eigenvalue weighted by Crippen LogP contribution is 2.55. The largest absolute Gasteiger partial charge is 0.457 e. The minimum Gasteiger partial charge on any atom is -0.457 e. The van der Waals surface area contributed by atoms with Crippen LogP contribution in [0.4, 0.5) is 22.7 Å². The van der Waals surface area contributed by atoms with Crippen LogP contribution in [0.25, 0.3) is 40.2 Å². The Hall–Kier alpha value is -7.82. The molecule has 4 nitrogen and oxygen atoms in total. The van der Waals surface area contributed by atoms with Crippen molar-refractivity contribution in [1.29, 1.82) is 0 Å². The number of hydrogen-bond acceptors (Lipinski definition) is 4. The van der Waals surface area contributed by atoms with E-state index in [9.17, 15) is 0 Å². The molecule has 0 bridgehead atoms. The first-order valence-corrected chi connectivity index (χ1v) is 23.6. The van der Waals surface area contributed by atoms with E-state index in [0.29, 0.717) is 17.3 Å². The Morgan fingerprint density at radius 3 is 2.19 bits per heavy atom. The highest BCUT2D eigenvalue weighted by Gasteiger charge is 2.37. The third kappa shape index (κ3) is 6.49. The van der Waals surface area contributed by atoms with Crippen molar-refractivity contribution in [3.05, 3.63) is 245 Å². The Morgan fingerprint density at radius 1 is 0.642 bits per heavy atom. The highest BCUT2D eigenvalue weighted by molar-refractivity contribution is 5.99. The van der Waals surface area contributed by atoms with Gasteiger partial charge in [0, 0.05) is 68.1 Å². The number of fused-ring (bicyclic) bond motifs is 10. The number of allylic oxidation sites excluding steroid dienone is 6. The second-order valence-corrected chi connectivity index (χ2v) is 18.9. The Bertz CT molecular complexity index is 3330. The second kappa shape index (κ2) is 15.7. The predicted molar refractivity (Wildman–Crippen MR) is 280 cm³/mol. The summed E-state index contributed by atoms with van der Waals surface area (Å²) in [4.78, 5) is 4.70. The lowest BCUT2D eigenvalue weighted by atomic mass is 9.82. The van der Waals surface area contributed by atoms with Gasteiger partial charge in [-0.3, -0.25) is 0 Å². The Kier molecular flexibility index (Phi) is 9.51. The zero-order valence-electron chi connectivity index (χ0n) is 38.2. The van der Waals surface area contributed by atoms with Gasteiger partial charge in [0.1, 0.15) is 23.0 Å². The zero-order valence-corrected chi connectivity index (χ0v) is 38.2. The van der Waals surface area contributed by atoms with E-state index in [2.05, 4.69) is 189 Å². The molecule has 0 spiro atoms. The molecule has 4 heteroatoms. The fourth-order valence-corrected chi connectivity index (χ4v) is 11.4. The van der Waals surface area contributed by atoms with Gasteiger partial charge >= 0.3 is 0 Å². The van der Waals surface area contributed by atoms with Crippen LogP contribution in [0, 0.1) is 0 Å². The number of rotatable bonds is 7. The first kappa shape index (κ1) is 40.7. The smallest absolute Gasteiger partial charge is 0.137 e. The molecule has 1 atom stereocenters. The summed E-state index contributed by atoms with van der Waals surface area (Å²) in [6, 6.07) is 39.5. The highest BCUT2D eigenvalue weighted by atomic mass is 16.5. The molecule has 0 radical (unpaired) electrons. The molecule has 67 heavy (non-hydrogen) atoms. The molecule has 0 aromatic heterocycles. The molecule has 12 rings (SSSR count). The summed E-state index contributed by atoms with van der Waals surface area (Å²) in [6.45, 7) is 23.0. The lowest BCUT2D eigenvalue weighted by molar-refractivity contribution is 0.399. The van der Waals surface area contributed by atoms with E-state index in [4.69, 9.17) is 16.1 Å². The van der Waals surface area contributed by atoms with Crippen molar-refractivity contribution in [3.8, 4) is 22.6 Å². The van der Waals surface area contributed by atoms with Crippen LogP contribution < -0.4 is 14.5 Å². The molecule has 0 fully saturated rings. The van der Waals surface area contributed by atoms with Gasteiger partial charge in [0.15, 0.2) is 0 Å². The number of benzene rings is 6. The maximum Gasteiger partial charge on any atom is 0.137 e. The van der Waals surface area contributed by atoms with Gasteiger partial charge in [-0.25, -0.2) is 0 Å². The molecule has 2 heterocycles. The van der Waals surface area contributed by atoms with Crippen LogP contribution in [-0.2, 0) is 23.0 Å². The summed E-state index contributed by atoms with van der Waals surface area (Å²) in [6.07, 6.45) is 25.0. The lowest BCUT2D eigenvalue weighted by Crippen LogP contribution is -2.32. The summed E-state index contributed by atoms with van der Waals surface area (Å²) in [7, 11) is 0. The molecule has 0 saturated heterocycles. The van der Waals surface area contributed by atoms with Gasteiger partial charge in [-0.05, 0) is 137 Å². The predicted octanol–water partition coefficient (Wildman–Crippen LogP) is 16.4. The molecule has 6 aliphatic rings. The molecule has 0 amide bonds. The van der Waals surface area contributed by atoms with Crippen molar-refractivity contribution in [3.63, 3.8) is 0 Å². The molecular weight excluding hydrogens is 817 g/mol. The summed E-state index contributed by atoms with van der Waals surface area (Å²) < 4.78 is 13.6. The molecular formula is C63H52N2O2. The monoisotopic (exact) mass is 868 g/mol. The summed E-state index contributed by atoms with van der Waals surface area (Å²) >= 11 is 0. The van der Waals surface area contributed by atoms with Crippen molar-refractivity contribution in [2.45, 2.75) is 57.4 Å². The summed E-state index contributed by atoms with van der Waals surface area (Å²) in [5.74, 6) is 2.58. The van der Waals surface area contributed by atoms with E-state index in [1.807, 2.05) is 18.2 Å². The molecule has 326 valence electrons. The third-order valence-electron chi connectivity index (χ3n) is 14.7. The van der Waals surface area contributed by atoms with Crippen LogP contribution in [0.15, 0.2) is 189 Å². The van der Waals surface area contributed by atoms with Gasteiger partial charge in [-0.15, -0.1) is 0 Å². The normalized spacial score (nSPS) is 18.1. The van der Waals surface area contributed by atoms with Crippen molar-refractivity contribution < 1.29 is 9.47 Å². The van der Waals surface area contributed by atoms with E-state index in [1.165, 1.54) is 50.2 Å². The van der Waals surface area contributed by atoms with Crippen molar-refractivity contribution in [2.24, 2.45) is 0 Å². The van der Waals surface area contributed by atoms with E-state index in [1.54, 1.807) is 0 Å². The topological polar surface area (TPSA) is 24.9 Å². The molecule has 6 aromatic rings. The van der Waals surface area contributed by atoms with Crippen molar-refractivity contribution in [2.75, 3.05) is 9.80 Å². The van der Waals surface area contributed by atoms with Crippen LogP contribution in [0.2, 0.25) is 0 Å². The zero-order chi connectivity index (χ0) is 45.6. The average Bonchev–Trinajstić information content (AvgIpc) is 3.58. The standard InChI is InChI=1S/C63H52N2O2/c1-39(64(44-20-9-7-10-21-44)45-22-11-8-12-23-45)35-59-40(2)49-33-34-58-61(62(49)42(4)66-59)41(3)48-31-29-47(38-60(48)67-58)65(57-36-43-19-13-14-24-50(43)51-25-15-16-27-54(51)57)46-30-32-53-52-26-17-18-28-55(52)63(5,6)56(53)37-46/h7-13,16-22,26-38,45H,1-4,14-15,23-25H2,5-6H3. The quantitative estimate of drug-likeness (QED) is 0.159. The molecule has 1 unspecified atom stereocenters. The third-order valence-corrected chi connectivity index (χ3v) is 14.7. The first-order valence-electron chi connectivity index (χ1n) is 23.6. The maximum atomic E-state index is 6.97. The number of anilines is 4. The Morgan fingerprint density at radius 2 is 1.37 bits per heavy atom. The van der Waals surface area contributed by atoms with Crippen molar-refractivity contribution >= 4 is 51.8 Å². The molecule has 0 N–H and O–H groups in total. The van der Waals surface area contributed by atoms with Crippen molar-refractivity contribution in [1.82, 2.24) is 0 Å². The molecule has 4 aliphatic carbocycles. The molecule has 0 saturated carbocycles. The van der Waals surface area contributed by atoms with Crippen LogP contribution in [0.1, 0.15) is 88.7 Å². The number of nitrogens with zero attached hydrogens (tertiary/aromatic N) is 2. The Balaban J connectivity index is 0.931. The number of para-hydroxylation sites is 1. The minimum absolute atomic E-state index is 0.111. The second-order valence-electron chi connectivity index (χ2n) is 18.9. The van der Waals surface area contributed by atoms with Crippen LogP contribution in [0.3, 0.4) is 0 Å². The van der Waals surface area contributed by atoms with Crippen LogP contribution >= 0.6 is 0 Å². The summed E-state index contributed by atoms with van der Waals surface area (Å²) in [5, 5.41) is 0. The summed E-state index contributed by atoms with van der Waals surface area (Å²) in [5.41, 5.74) is 21.1. The average molecular weight is 869 g/mol. The van der Waals surface area contributed by atoms with E-state index in [-0.39, 0.29) is 11.5 Å². The molecule has 2 aliphatic heterocycles. The SMILES string of the molecule is C=C1C(=CC(=C)N(c2ccccc2)C2C=CC=CC2)OC(=C)c2c1ccc1c2C(=C)c2ccc(N(c3ccc4c(c3)C(C)(C)c3ccccc3-4)c3cc4c(c5c3C=CCC5)CCC=C4)cc2O1. The van der Waals surface area contributed by atoms with E-state index >= 15 is 0 Å². The van der Waals surface area contributed by atoms with Gasteiger partial charge in [-0.2, -0.15) is 0 Å².